The minimum atomic E-state index is -2.99. The first kappa shape index (κ1) is 15.7. The fourth-order valence-electron chi connectivity index (χ4n) is 1.52. The van der Waals surface area contributed by atoms with E-state index in [1.165, 1.54) is 0 Å². The van der Waals surface area contributed by atoms with Gasteiger partial charge in [0.15, 0.2) is 0 Å². The molecule has 110 valence electrons. The van der Waals surface area contributed by atoms with Crippen LogP contribution in [-0.4, -0.2) is 29.6 Å². The molecule has 1 heterocycles. The molecule has 1 aromatic rings. The Morgan fingerprint density at radius 1 is 1.55 bits per heavy atom. The topological polar surface area (TPSA) is 91.6 Å². The highest BCUT2D eigenvalue weighted by Gasteiger charge is 2.27. The standard InChI is InChI=1S/C11H12F2N2O5/c1-3-20-9(16)4-6-8(15(17)18)5-7(10(12)13)14-11(6)19-2/h5,10H,3-4H2,1-2H3. The fraction of sp³-hybridized carbons (Fsp3) is 0.455. The molecule has 0 aliphatic carbocycles. The fourth-order valence-corrected chi connectivity index (χ4v) is 1.52. The Labute approximate surface area is 112 Å². The number of hydrogen-bond acceptors (Lipinski definition) is 6. The number of hydrogen-bond donors (Lipinski definition) is 0. The largest absolute Gasteiger partial charge is 0.481 e. The molecule has 0 N–H and O–H groups in total. The molecule has 0 unspecified atom stereocenters. The minimum Gasteiger partial charge on any atom is -0.481 e. The van der Waals surface area contributed by atoms with Gasteiger partial charge in [0.25, 0.3) is 12.1 Å². The van der Waals surface area contributed by atoms with Crippen LogP contribution in [-0.2, 0) is 16.0 Å². The Morgan fingerprint density at radius 2 is 2.20 bits per heavy atom. The first-order valence-corrected chi connectivity index (χ1v) is 5.56. The van der Waals surface area contributed by atoms with Gasteiger partial charge in [0.2, 0.25) is 5.88 Å². The molecular formula is C11H12F2N2O5. The molecule has 7 nitrogen and oxygen atoms in total. The zero-order valence-corrected chi connectivity index (χ0v) is 10.8. The number of nitro groups is 1. The number of carbonyl (C=O) groups is 1. The van der Waals surface area contributed by atoms with Gasteiger partial charge in [-0.25, -0.2) is 13.8 Å². The van der Waals surface area contributed by atoms with Crippen LogP contribution in [0.3, 0.4) is 0 Å². The average Bonchev–Trinajstić information content (AvgIpc) is 2.38. The number of alkyl halides is 2. The monoisotopic (exact) mass is 290 g/mol. The number of esters is 1. The second-order valence-electron chi connectivity index (χ2n) is 3.59. The molecule has 0 saturated carbocycles. The zero-order chi connectivity index (χ0) is 15.3. The quantitative estimate of drug-likeness (QED) is 0.452. The maximum absolute atomic E-state index is 12.6. The number of nitrogens with zero attached hydrogens (tertiary/aromatic N) is 2. The molecular weight excluding hydrogens is 278 g/mol. The molecule has 20 heavy (non-hydrogen) atoms. The summed E-state index contributed by atoms with van der Waals surface area (Å²) < 4.78 is 34.6. The van der Waals surface area contributed by atoms with Gasteiger partial charge in [-0.15, -0.1) is 0 Å². The van der Waals surface area contributed by atoms with Crippen molar-refractivity contribution in [3.63, 3.8) is 0 Å². The van der Waals surface area contributed by atoms with Crippen molar-refractivity contribution in [2.75, 3.05) is 13.7 Å². The molecule has 0 radical (unpaired) electrons. The Hall–Kier alpha value is -2.32. The van der Waals surface area contributed by atoms with Gasteiger partial charge < -0.3 is 9.47 Å². The van der Waals surface area contributed by atoms with E-state index in [9.17, 15) is 23.7 Å². The van der Waals surface area contributed by atoms with Crippen molar-refractivity contribution in [1.29, 1.82) is 0 Å². The van der Waals surface area contributed by atoms with Gasteiger partial charge in [0.1, 0.15) is 11.3 Å². The van der Waals surface area contributed by atoms with Gasteiger partial charge in [0.05, 0.1) is 25.1 Å². The number of methoxy groups -OCH3 is 1. The number of rotatable bonds is 6. The molecule has 1 rings (SSSR count). The van der Waals surface area contributed by atoms with E-state index in [0.717, 1.165) is 7.11 Å². The van der Waals surface area contributed by atoms with Crippen molar-refractivity contribution in [2.45, 2.75) is 19.8 Å². The lowest BCUT2D eigenvalue weighted by atomic mass is 10.1. The maximum Gasteiger partial charge on any atom is 0.310 e. The molecule has 9 heteroatoms. The summed E-state index contributed by atoms with van der Waals surface area (Å²) >= 11 is 0. The predicted octanol–water partition coefficient (Wildman–Crippen LogP) is 2.04. The van der Waals surface area contributed by atoms with E-state index in [1.807, 2.05) is 0 Å². The third kappa shape index (κ3) is 3.59. The second kappa shape index (κ2) is 6.73. The van der Waals surface area contributed by atoms with E-state index in [2.05, 4.69) is 9.72 Å². The Balaban J connectivity index is 3.31. The Bertz CT molecular complexity index is 522. The van der Waals surface area contributed by atoms with Crippen LogP contribution in [0.25, 0.3) is 0 Å². The third-order valence-corrected chi connectivity index (χ3v) is 2.32. The number of carbonyl (C=O) groups excluding carboxylic acids is 1. The zero-order valence-electron chi connectivity index (χ0n) is 10.8. The van der Waals surface area contributed by atoms with Crippen LogP contribution >= 0.6 is 0 Å². The lowest BCUT2D eigenvalue weighted by Crippen LogP contribution is -2.12. The first-order chi connectivity index (χ1) is 9.40. The molecule has 0 fully saturated rings. The van der Waals surface area contributed by atoms with Gasteiger partial charge in [-0.1, -0.05) is 0 Å². The smallest absolute Gasteiger partial charge is 0.310 e. The highest BCUT2D eigenvalue weighted by Crippen LogP contribution is 2.31. The molecule has 0 aliphatic heterocycles. The molecule has 0 atom stereocenters. The lowest BCUT2D eigenvalue weighted by molar-refractivity contribution is -0.385. The van der Waals surface area contributed by atoms with Crippen LogP contribution in [0.15, 0.2) is 6.07 Å². The van der Waals surface area contributed by atoms with Crippen molar-refractivity contribution >= 4 is 11.7 Å². The minimum absolute atomic E-state index is 0.0947. The van der Waals surface area contributed by atoms with Gasteiger partial charge in [-0.05, 0) is 6.92 Å². The van der Waals surface area contributed by atoms with Crippen LogP contribution in [0.5, 0.6) is 5.88 Å². The number of halogens is 2. The van der Waals surface area contributed by atoms with Crippen LogP contribution < -0.4 is 4.74 Å². The molecule has 1 aromatic heterocycles. The van der Waals surface area contributed by atoms with Crippen molar-refractivity contribution < 1.29 is 28.0 Å². The average molecular weight is 290 g/mol. The number of pyridine rings is 1. The Kier molecular flexibility index (Phi) is 5.30. The predicted molar refractivity (Wildman–Crippen MR) is 62.7 cm³/mol. The van der Waals surface area contributed by atoms with E-state index in [1.54, 1.807) is 6.92 Å². The van der Waals surface area contributed by atoms with E-state index >= 15 is 0 Å². The molecule has 0 bridgehead atoms. The van der Waals surface area contributed by atoms with E-state index in [4.69, 9.17) is 4.74 Å². The van der Waals surface area contributed by atoms with Gasteiger partial charge in [0, 0.05) is 6.07 Å². The normalized spacial score (nSPS) is 10.4. The van der Waals surface area contributed by atoms with Gasteiger partial charge >= 0.3 is 5.97 Å². The SMILES string of the molecule is CCOC(=O)Cc1c([N+](=O)[O-])cc(C(F)F)nc1OC. The van der Waals surface area contributed by atoms with Crippen LogP contribution in [0.2, 0.25) is 0 Å². The van der Waals surface area contributed by atoms with E-state index < -0.39 is 35.1 Å². The van der Waals surface area contributed by atoms with Crippen LogP contribution in [0.4, 0.5) is 14.5 Å². The number of aromatic nitrogens is 1. The third-order valence-electron chi connectivity index (χ3n) is 2.32. The van der Waals surface area contributed by atoms with E-state index in [0.29, 0.717) is 6.07 Å². The van der Waals surface area contributed by atoms with Crippen molar-refractivity contribution in [2.24, 2.45) is 0 Å². The summed E-state index contributed by atoms with van der Waals surface area (Å²) in [5, 5.41) is 10.9. The molecule has 0 amide bonds. The first-order valence-electron chi connectivity index (χ1n) is 5.56. The number of ether oxygens (including phenoxy) is 2. The molecule has 0 aliphatic rings. The Morgan fingerprint density at radius 3 is 2.65 bits per heavy atom. The summed E-state index contributed by atoms with van der Waals surface area (Å²) in [6.45, 7) is 1.67. The molecule has 0 aromatic carbocycles. The second-order valence-corrected chi connectivity index (χ2v) is 3.59. The van der Waals surface area contributed by atoms with Crippen molar-refractivity contribution in [3.8, 4) is 5.88 Å². The summed E-state index contributed by atoms with van der Waals surface area (Å²) in [7, 11) is 1.12. The summed E-state index contributed by atoms with van der Waals surface area (Å²) in [5.41, 5.74) is -1.64. The van der Waals surface area contributed by atoms with Crippen molar-refractivity contribution in [3.05, 3.63) is 27.4 Å². The maximum atomic E-state index is 12.6. The van der Waals surface area contributed by atoms with Crippen LogP contribution in [0, 0.1) is 10.1 Å². The van der Waals surface area contributed by atoms with E-state index in [-0.39, 0.29) is 18.1 Å². The van der Waals surface area contributed by atoms with Crippen molar-refractivity contribution in [1.82, 2.24) is 4.98 Å². The summed E-state index contributed by atoms with van der Waals surface area (Å²) in [6, 6.07) is 0.627. The highest BCUT2D eigenvalue weighted by molar-refractivity contribution is 5.75. The lowest BCUT2D eigenvalue weighted by Gasteiger charge is -2.10. The summed E-state index contributed by atoms with van der Waals surface area (Å²) in [5.74, 6) is -1.12. The molecule has 0 spiro atoms. The molecule has 0 saturated heterocycles. The summed E-state index contributed by atoms with van der Waals surface area (Å²) in [4.78, 5) is 24.9. The summed E-state index contributed by atoms with van der Waals surface area (Å²) in [6.07, 6.45) is -3.47. The van der Waals surface area contributed by atoms with Gasteiger partial charge in [-0.2, -0.15) is 0 Å². The van der Waals surface area contributed by atoms with Gasteiger partial charge in [-0.3, -0.25) is 14.9 Å². The van der Waals surface area contributed by atoms with Crippen LogP contribution in [0.1, 0.15) is 24.6 Å². The highest BCUT2D eigenvalue weighted by atomic mass is 19.3.